The van der Waals surface area contributed by atoms with Gasteiger partial charge in [-0.3, -0.25) is 0 Å². The zero-order valence-electron chi connectivity index (χ0n) is 17.4. The second-order valence-electron chi connectivity index (χ2n) is 9.07. The lowest BCUT2D eigenvalue weighted by atomic mass is 9.83. The van der Waals surface area contributed by atoms with Crippen molar-refractivity contribution in [3.05, 3.63) is 0 Å². The number of alkyl halides is 4. The van der Waals surface area contributed by atoms with Crippen molar-refractivity contribution in [2.24, 2.45) is 0 Å². The topological polar surface area (TPSA) is 108 Å². The number of aliphatic hydroxyl groups excluding tert-OH is 2. The van der Waals surface area contributed by atoms with Crippen LogP contribution in [-0.4, -0.2) is 89.9 Å². The molecule has 3 aliphatic rings. The summed E-state index contributed by atoms with van der Waals surface area (Å²) in [7, 11) is -2.76. The molecule has 3 rings (SSSR count). The van der Waals surface area contributed by atoms with Gasteiger partial charge in [0.25, 0.3) is 0 Å². The maximum Gasteiger partial charge on any atom is 0.217 e. The van der Waals surface area contributed by atoms with E-state index in [0.717, 1.165) is 6.42 Å². The Morgan fingerprint density at radius 1 is 1.16 bits per heavy atom. The SMILES string of the molecule is COC1CC(F)C(F)C(NC2CCC(I)CC2F)C1NS(=O)(=O)C1(C[C@H](O)CO)CC1. The zero-order chi connectivity index (χ0) is 23.0. The highest BCUT2D eigenvalue weighted by molar-refractivity contribution is 14.1. The van der Waals surface area contributed by atoms with E-state index < -0.39 is 70.2 Å². The maximum atomic E-state index is 15.0. The average molecular weight is 584 g/mol. The van der Waals surface area contributed by atoms with Crippen LogP contribution in [0.25, 0.3) is 0 Å². The maximum absolute atomic E-state index is 15.0. The lowest BCUT2D eigenvalue weighted by molar-refractivity contribution is -0.0391. The van der Waals surface area contributed by atoms with Crippen LogP contribution in [0.3, 0.4) is 0 Å². The highest BCUT2D eigenvalue weighted by Crippen LogP contribution is 2.47. The minimum absolute atomic E-state index is 0.154. The van der Waals surface area contributed by atoms with Crippen molar-refractivity contribution in [2.45, 2.75) is 102 Å². The molecule has 0 heterocycles. The summed E-state index contributed by atoms with van der Waals surface area (Å²) in [5, 5.41) is 21.7. The second-order valence-corrected chi connectivity index (χ2v) is 12.9. The van der Waals surface area contributed by atoms with Gasteiger partial charge in [0.05, 0.1) is 35.6 Å². The molecule has 9 atom stereocenters. The first kappa shape index (κ1) is 25.9. The van der Waals surface area contributed by atoms with E-state index in [1.807, 2.05) is 0 Å². The molecule has 8 unspecified atom stereocenters. The normalized spacial score (nSPS) is 41.6. The summed E-state index contributed by atoms with van der Waals surface area (Å²) in [5.41, 5.74) is 0. The molecule has 0 aliphatic heterocycles. The molecule has 0 aromatic heterocycles. The van der Waals surface area contributed by atoms with E-state index in [1.165, 1.54) is 7.11 Å². The molecule has 31 heavy (non-hydrogen) atoms. The van der Waals surface area contributed by atoms with Crippen LogP contribution in [0, 0.1) is 0 Å². The molecule has 0 saturated heterocycles. The largest absolute Gasteiger partial charge is 0.394 e. The van der Waals surface area contributed by atoms with Gasteiger partial charge < -0.3 is 20.3 Å². The van der Waals surface area contributed by atoms with Crippen LogP contribution in [0.1, 0.15) is 44.9 Å². The summed E-state index contributed by atoms with van der Waals surface area (Å²) >= 11 is 2.17. The summed E-state index contributed by atoms with van der Waals surface area (Å²) in [6.07, 6.45) is -5.69. The Morgan fingerprint density at radius 2 is 1.84 bits per heavy atom. The molecular weight excluding hydrogens is 552 g/mol. The van der Waals surface area contributed by atoms with Crippen molar-refractivity contribution in [3.8, 4) is 0 Å². The quantitative estimate of drug-likeness (QED) is 0.241. The Labute approximate surface area is 195 Å². The molecule has 0 amide bonds. The number of nitrogens with one attached hydrogen (secondary N) is 2. The predicted molar refractivity (Wildman–Crippen MR) is 118 cm³/mol. The Morgan fingerprint density at radius 3 is 2.39 bits per heavy atom. The van der Waals surface area contributed by atoms with Gasteiger partial charge in [-0.2, -0.15) is 0 Å². The van der Waals surface area contributed by atoms with E-state index in [1.54, 1.807) is 0 Å². The number of ether oxygens (including phenoxy) is 1. The minimum atomic E-state index is -4.06. The Hall–Kier alpha value is 0.270. The number of hydrogen-bond acceptors (Lipinski definition) is 6. The number of halogens is 4. The van der Waals surface area contributed by atoms with Crippen LogP contribution in [0.15, 0.2) is 0 Å². The van der Waals surface area contributed by atoms with Crippen molar-refractivity contribution in [3.63, 3.8) is 0 Å². The third kappa shape index (κ3) is 5.68. The molecule has 0 radical (unpaired) electrons. The van der Waals surface area contributed by atoms with Crippen molar-refractivity contribution in [1.82, 2.24) is 10.0 Å². The number of sulfonamides is 1. The summed E-state index contributed by atoms with van der Waals surface area (Å²) < 4.78 is 77.0. The van der Waals surface area contributed by atoms with Gasteiger partial charge in [-0.05, 0) is 38.5 Å². The Balaban J connectivity index is 1.81. The highest BCUT2D eigenvalue weighted by Gasteiger charge is 2.58. The van der Waals surface area contributed by atoms with Crippen molar-refractivity contribution in [2.75, 3.05) is 13.7 Å². The summed E-state index contributed by atoms with van der Waals surface area (Å²) in [6.45, 7) is -0.570. The molecule has 3 saturated carbocycles. The van der Waals surface area contributed by atoms with Crippen LogP contribution in [0.4, 0.5) is 13.2 Å². The van der Waals surface area contributed by atoms with Gasteiger partial charge in [0.1, 0.15) is 18.5 Å². The van der Waals surface area contributed by atoms with E-state index in [9.17, 15) is 26.7 Å². The Kier molecular flexibility index (Phi) is 8.57. The molecular formula is C19H32F3IN2O5S. The van der Waals surface area contributed by atoms with E-state index in [0.29, 0.717) is 25.7 Å². The van der Waals surface area contributed by atoms with Crippen molar-refractivity contribution >= 4 is 32.6 Å². The van der Waals surface area contributed by atoms with Crippen LogP contribution >= 0.6 is 22.6 Å². The van der Waals surface area contributed by atoms with E-state index in [2.05, 4.69) is 32.6 Å². The predicted octanol–water partition coefficient (Wildman–Crippen LogP) is 1.30. The molecule has 4 N–H and O–H groups in total. The number of rotatable bonds is 9. The van der Waals surface area contributed by atoms with Gasteiger partial charge in [0.15, 0.2) is 0 Å². The summed E-state index contributed by atoms with van der Waals surface area (Å²) in [4.78, 5) is 0. The molecule has 0 spiro atoms. The fraction of sp³-hybridized carbons (Fsp3) is 1.00. The van der Waals surface area contributed by atoms with Gasteiger partial charge >= 0.3 is 0 Å². The smallest absolute Gasteiger partial charge is 0.217 e. The second kappa shape index (κ2) is 10.3. The van der Waals surface area contributed by atoms with Gasteiger partial charge in [0, 0.05) is 23.5 Å². The van der Waals surface area contributed by atoms with Gasteiger partial charge in [-0.25, -0.2) is 26.3 Å². The molecule has 0 bridgehead atoms. The molecule has 182 valence electrons. The molecule has 3 fully saturated rings. The van der Waals surface area contributed by atoms with Crippen LogP contribution in [0.2, 0.25) is 0 Å². The monoisotopic (exact) mass is 584 g/mol. The molecule has 3 aliphatic carbocycles. The van der Waals surface area contributed by atoms with E-state index in [-0.39, 0.29) is 16.8 Å². The van der Waals surface area contributed by atoms with Crippen molar-refractivity contribution < 1.29 is 36.5 Å². The van der Waals surface area contributed by atoms with Gasteiger partial charge in [-0.15, -0.1) is 0 Å². The van der Waals surface area contributed by atoms with Crippen LogP contribution in [0.5, 0.6) is 0 Å². The molecule has 7 nitrogen and oxygen atoms in total. The lowest BCUT2D eigenvalue weighted by Crippen LogP contribution is -2.68. The number of aliphatic hydroxyl groups is 2. The lowest BCUT2D eigenvalue weighted by Gasteiger charge is -2.44. The number of methoxy groups -OCH3 is 1. The first-order valence-electron chi connectivity index (χ1n) is 10.7. The number of hydrogen-bond donors (Lipinski definition) is 4. The Bertz CT molecular complexity index is 717. The standard InChI is InChI=1S/C19H32F3IN2O5S/c1-30-15-7-13(21)16(22)18(24-14-3-2-10(23)6-12(14)20)17(15)25-31(28,29)19(4-5-19)8-11(27)9-26/h10-18,24-27H,2-9H2,1H3/t10?,11-,12?,13?,14?,15?,16?,17?,18?/m0/s1. The van der Waals surface area contributed by atoms with E-state index in [4.69, 9.17) is 9.84 Å². The highest BCUT2D eigenvalue weighted by atomic mass is 127. The molecule has 0 aromatic carbocycles. The fourth-order valence-electron chi connectivity index (χ4n) is 4.76. The van der Waals surface area contributed by atoms with Crippen LogP contribution < -0.4 is 10.0 Å². The zero-order valence-corrected chi connectivity index (χ0v) is 20.4. The first-order valence-corrected chi connectivity index (χ1v) is 13.4. The van der Waals surface area contributed by atoms with Gasteiger partial charge in [0.2, 0.25) is 10.0 Å². The van der Waals surface area contributed by atoms with Crippen molar-refractivity contribution in [1.29, 1.82) is 0 Å². The molecule has 0 aromatic rings. The average Bonchev–Trinajstić information content (AvgIpc) is 3.50. The first-order chi connectivity index (χ1) is 14.5. The third-order valence-corrected chi connectivity index (χ3v) is 10.3. The summed E-state index contributed by atoms with van der Waals surface area (Å²) in [6, 6.07) is -3.13. The summed E-state index contributed by atoms with van der Waals surface area (Å²) in [5.74, 6) is 0. The van der Waals surface area contributed by atoms with E-state index >= 15 is 0 Å². The van der Waals surface area contributed by atoms with Gasteiger partial charge in [-0.1, -0.05) is 22.6 Å². The fourth-order valence-corrected chi connectivity index (χ4v) is 7.57. The third-order valence-electron chi connectivity index (χ3n) is 6.84. The minimum Gasteiger partial charge on any atom is -0.394 e. The molecule has 12 heteroatoms. The van der Waals surface area contributed by atoms with Crippen LogP contribution in [-0.2, 0) is 14.8 Å².